The van der Waals surface area contributed by atoms with Crippen LogP contribution in [0.2, 0.25) is 0 Å². The molecule has 0 fully saturated rings. The van der Waals surface area contributed by atoms with E-state index in [0.29, 0.717) is 6.54 Å². The molecule has 1 N–H and O–H groups in total. The van der Waals surface area contributed by atoms with Crippen LogP contribution in [0.25, 0.3) is 0 Å². The topological polar surface area (TPSA) is 67.2 Å². The zero-order chi connectivity index (χ0) is 13.0. The van der Waals surface area contributed by atoms with E-state index >= 15 is 0 Å². The van der Waals surface area contributed by atoms with Crippen LogP contribution in [0.1, 0.15) is 13.8 Å². The summed E-state index contributed by atoms with van der Waals surface area (Å²) in [5.74, 6) is 0.107. The van der Waals surface area contributed by atoms with Gasteiger partial charge in [0.2, 0.25) is 5.91 Å². The molecule has 1 atom stereocenters. The minimum Gasteiger partial charge on any atom is -0.354 e. The maximum absolute atomic E-state index is 11.8. The summed E-state index contributed by atoms with van der Waals surface area (Å²) < 4.78 is 1.53. The maximum Gasteiger partial charge on any atom is 0.293 e. The van der Waals surface area contributed by atoms with E-state index in [9.17, 15) is 9.59 Å². The number of aromatic nitrogens is 2. The molecule has 0 saturated carbocycles. The highest BCUT2D eigenvalue weighted by atomic mass is 16.2. The van der Waals surface area contributed by atoms with E-state index in [1.165, 1.54) is 9.47 Å². The second-order valence-corrected chi connectivity index (χ2v) is 3.97. The van der Waals surface area contributed by atoms with Crippen LogP contribution >= 0.6 is 0 Å². The van der Waals surface area contributed by atoms with Crippen molar-refractivity contribution >= 4 is 11.7 Å². The van der Waals surface area contributed by atoms with Gasteiger partial charge in [-0.05, 0) is 13.8 Å². The summed E-state index contributed by atoms with van der Waals surface area (Å²) in [5, 5.41) is 2.83. The van der Waals surface area contributed by atoms with Crippen LogP contribution in [0.15, 0.2) is 17.2 Å². The predicted octanol–water partition coefficient (Wildman–Crippen LogP) is 0.152. The normalized spacial score (nSPS) is 12.0. The van der Waals surface area contributed by atoms with Crippen LogP contribution < -0.4 is 10.9 Å². The molecule has 0 aliphatic carbocycles. The summed E-state index contributed by atoms with van der Waals surface area (Å²) in [6, 6.07) is -0.474. The number of rotatable bonds is 4. The molecule has 1 rings (SSSR count). The summed E-state index contributed by atoms with van der Waals surface area (Å²) >= 11 is 0. The molecule has 0 radical (unpaired) electrons. The standard InChI is InChI=1S/C11H18N4O2/c1-5-15-7-6-12-9(11(15)17)13-8(2)10(16)14(3)4/h6-8H,5H2,1-4H3,(H,12,13). The van der Waals surface area contributed by atoms with Crippen molar-refractivity contribution < 1.29 is 4.79 Å². The van der Waals surface area contributed by atoms with Crippen LogP contribution in [0.5, 0.6) is 0 Å². The van der Waals surface area contributed by atoms with Gasteiger partial charge in [0, 0.05) is 33.0 Å². The maximum atomic E-state index is 11.8. The first-order chi connectivity index (χ1) is 7.97. The van der Waals surface area contributed by atoms with Crippen molar-refractivity contribution in [3.63, 3.8) is 0 Å². The van der Waals surface area contributed by atoms with Gasteiger partial charge in [-0.1, -0.05) is 0 Å². The molecule has 1 amide bonds. The van der Waals surface area contributed by atoms with Crippen molar-refractivity contribution in [1.82, 2.24) is 14.5 Å². The predicted molar refractivity (Wildman–Crippen MR) is 65.9 cm³/mol. The summed E-state index contributed by atoms with van der Waals surface area (Å²) in [4.78, 5) is 28.9. The molecule has 94 valence electrons. The lowest BCUT2D eigenvalue weighted by atomic mass is 10.3. The molecule has 0 aliphatic heterocycles. The van der Waals surface area contributed by atoms with Gasteiger partial charge < -0.3 is 14.8 Å². The molecular weight excluding hydrogens is 220 g/mol. The van der Waals surface area contributed by atoms with Gasteiger partial charge in [-0.2, -0.15) is 0 Å². The quantitative estimate of drug-likeness (QED) is 0.811. The first-order valence-electron chi connectivity index (χ1n) is 5.50. The van der Waals surface area contributed by atoms with Gasteiger partial charge in [-0.3, -0.25) is 9.59 Å². The average molecular weight is 238 g/mol. The lowest BCUT2D eigenvalue weighted by Gasteiger charge is -2.18. The zero-order valence-electron chi connectivity index (χ0n) is 10.6. The highest BCUT2D eigenvalue weighted by molar-refractivity contribution is 5.83. The number of likely N-dealkylation sites (N-methyl/N-ethyl adjacent to an activating group) is 1. The van der Waals surface area contributed by atoms with Crippen molar-refractivity contribution in [3.8, 4) is 0 Å². The first-order valence-corrected chi connectivity index (χ1v) is 5.50. The van der Waals surface area contributed by atoms with Crippen molar-refractivity contribution in [3.05, 3.63) is 22.7 Å². The molecule has 1 aromatic heterocycles. The number of carbonyl (C=O) groups is 1. The Balaban J connectivity index is 2.89. The summed E-state index contributed by atoms with van der Waals surface area (Å²) in [5.41, 5.74) is -0.214. The summed E-state index contributed by atoms with van der Waals surface area (Å²) in [7, 11) is 3.34. The van der Waals surface area contributed by atoms with Crippen LogP contribution in [0.3, 0.4) is 0 Å². The summed E-state index contributed by atoms with van der Waals surface area (Å²) in [6.07, 6.45) is 3.16. The first kappa shape index (κ1) is 13.2. The SMILES string of the molecule is CCn1ccnc(NC(C)C(=O)N(C)C)c1=O. The molecule has 0 spiro atoms. The molecule has 0 saturated heterocycles. The molecule has 1 unspecified atom stereocenters. The third-order valence-electron chi connectivity index (χ3n) is 2.42. The highest BCUT2D eigenvalue weighted by Gasteiger charge is 2.16. The average Bonchev–Trinajstić information content (AvgIpc) is 2.30. The second kappa shape index (κ2) is 5.47. The van der Waals surface area contributed by atoms with E-state index in [-0.39, 0.29) is 17.3 Å². The van der Waals surface area contributed by atoms with Crippen molar-refractivity contribution in [2.45, 2.75) is 26.4 Å². The molecule has 0 bridgehead atoms. The van der Waals surface area contributed by atoms with Gasteiger partial charge in [-0.15, -0.1) is 0 Å². The Morgan fingerprint density at radius 1 is 1.59 bits per heavy atom. The van der Waals surface area contributed by atoms with E-state index in [2.05, 4.69) is 10.3 Å². The third kappa shape index (κ3) is 3.05. The molecule has 1 aromatic rings. The molecule has 0 aromatic carbocycles. The Bertz CT molecular complexity index is 453. The lowest BCUT2D eigenvalue weighted by Crippen LogP contribution is -2.38. The number of anilines is 1. The molecule has 6 heteroatoms. The number of amides is 1. The Kier molecular flexibility index (Phi) is 4.25. The van der Waals surface area contributed by atoms with Gasteiger partial charge in [0.05, 0.1) is 0 Å². The van der Waals surface area contributed by atoms with E-state index in [1.807, 2.05) is 6.92 Å². The summed E-state index contributed by atoms with van der Waals surface area (Å²) in [6.45, 7) is 4.15. The molecule has 1 heterocycles. The lowest BCUT2D eigenvalue weighted by molar-refractivity contribution is -0.129. The number of nitrogens with one attached hydrogen (secondary N) is 1. The number of carbonyl (C=O) groups excluding carboxylic acids is 1. The molecular formula is C11H18N4O2. The van der Waals surface area contributed by atoms with Crippen LogP contribution in [0.4, 0.5) is 5.82 Å². The fourth-order valence-corrected chi connectivity index (χ4v) is 1.45. The van der Waals surface area contributed by atoms with E-state index in [4.69, 9.17) is 0 Å². The van der Waals surface area contributed by atoms with Gasteiger partial charge in [0.25, 0.3) is 5.56 Å². The fraction of sp³-hybridized carbons (Fsp3) is 0.545. The van der Waals surface area contributed by atoms with E-state index < -0.39 is 6.04 Å². The Morgan fingerprint density at radius 2 is 2.24 bits per heavy atom. The van der Waals surface area contributed by atoms with E-state index in [1.54, 1.807) is 33.4 Å². The highest BCUT2D eigenvalue weighted by Crippen LogP contribution is 1.99. The van der Waals surface area contributed by atoms with Crippen LogP contribution in [-0.2, 0) is 11.3 Å². The third-order valence-corrected chi connectivity index (χ3v) is 2.42. The van der Waals surface area contributed by atoms with Gasteiger partial charge in [0.15, 0.2) is 5.82 Å². The van der Waals surface area contributed by atoms with Crippen molar-refractivity contribution in [1.29, 1.82) is 0 Å². The largest absolute Gasteiger partial charge is 0.354 e. The number of nitrogens with zero attached hydrogens (tertiary/aromatic N) is 3. The smallest absolute Gasteiger partial charge is 0.293 e. The van der Waals surface area contributed by atoms with Crippen molar-refractivity contribution in [2.24, 2.45) is 0 Å². The molecule has 17 heavy (non-hydrogen) atoms. The Hall–Kier alpha value is -1.85. The number of hydrogen-bond donors (Lipinski definition) is 1. The van der Waals surface area contributed by atoms with Crippen LogP contribution in [-0.4, -0.2) is 40.5 Å². The van der Waals surface area contributed by atoms with Gasteiger partial charge >= 0.3 is 0 Å². The monoisotopic (exact) mass is 238 g/mol. The minimum absolute atomic E-state index is 0.0990. The Morgan fingerprint density at radius 3 is 2.76 bits per heavy atom. The minimum atomic E-state index is -0.474. The van der Waals surface area contributed by atoms with Gasteiger partial charge in [-0.25, -0.2) is 4.98 Å². The number of hydrogen-bond acceptors (Lipinski definition) is 4. The van der Waals surface area contributed by atoms with Gasteiger partial charge in [0.1, 0.15) is 6.04 Å². The second-order valence-electron chi connectivity index (χ2n) is 3.97. The fourth-order valence-electron chi connectivity index (χ4n) is 1.45. The molecule has 6 nitrogen and oxygen atoms in total. The molecule has 0 aliphatic rings. The number of aryl methyl sites for hydroxylation is 1. The van der Waals surface area contributed by atoms with Crippen molar-refractivity contribution in [2.75, 3.05) is 19.4 Å². The van der Waals surface area contributed by atoms with Crippen LogP contribution in [0, 0.1) is 0 Å². The zero-order valence-corrected chi connectivity index (χ0v) is 10.6. The van der Waals surface area contributed by atoms with E-state index in [0.717, 1.165) is 0 Å². The Labute approximate surface area is 100 Å².